The summed E-state index contributed by atoms with van der Waals surface area (Å²) in [7, 11) is 0. The summed E-state index contributed by atoms with van der Waals surface area (Å²) >= 11 is 0. The highest BCUT2D eigenvalue weighted by Gasteiger charge is 2.10. The number of rotatable bonds is 4. The molecule has 0 saturated carbocycles. The lowest BCUT2D eigenvalue weighted by atomic mass is 10.0. The first-order chi connectivity index (χ1) is 8.85. The number of hydrogen-bond donors (Lipinski definition) is 0. The zero-order valence-corrected chi connectivity index (χ0v) is 10.6. The van der Waals surface area contributed by atoms with Crippen LogP contribution in [-0.4, -0.2) is 6.61 Å². The summed E-state index contributed by atoms with van der Waals surface area (Å²) in [5, 5.41) is 9.27. The third kappa shape index (κ3) is 2.81. The van der Waals surface area contributed by atoms with Gasteiger partial charge in [0.15, 0.2) is 0 Å². The van der Waals surface area contributed by atoms with E-state index < -0.39 is 0 Å². The topological polar surface area (TPSA) is 33.0 Å². The summed E-state index contributed by atoms with van der Waals surface area (Å²) in [5.41, 5.74) is 2.91. The maximum atomic E-state index is 9.27. The minimum Gasteiger partial charge on any atom is -0.493 e. The average Bonchev–Trinajstić information content (AvgIpc) is 2.92. The Bertz CT molecular complexity index is 520. The monoisotopic (exact) mass is 239 g/mol. The van der Waals surface area contributed by atoms with Gasteiger partial charge in [0.05, 0.1) is 18.2 Å². The normalized spacial score (nSPS) is 15.1. The van der Waals surface area contributed by atoms with Crippen molar-refractivity contribution in [3.63, 3.8) is 0 Å². The van der Waals surface area contributed by atoms with Gasteiger partial charge in [0.25, 0.3) is 0 Å². The van der Waals surface area contributed by atoms with Crippen molar-refractivity contribution in [1.29, 1.82) is 5.26 Å². The Morgan fingerprint density at radius 3 is 2.94 bits per heavy atom. The second-order valence-corrected chi connectivity index (χ2v) is 4.26. The molecular weight excluding hydrogens is 222 g/mol. The van der Waals surface area contributed by atoms with Gasteiger partial charge >= 0.3 is 0 Å². The minimum atomic E-state index is 0.634. The van der Waals surface area contributed by atoms with Crippen molar-refractivity contribution in [2.75, 3.05) is 6.61 Å². The van der Waals surface area contributed by atoms with Crippen LogP contribution in [0.3, 0.4) is 0 Å². The molecule has 2 rings (SSSR count). The SMILES string of the molecule is CCOc1ccccc1/C=C(\C#N)C1=CCCC1. The van der Waals surface area contributed by atoms with Crippen LogP contribution >= 0.6 is 0 Å². The summed E-state index contributed by atoms with van der Waals surface area (Å²) in [6.07, 6.45) is 7.35. The number of benzene rings is 1. The third-order valence-electron chi connectivity index (χ3n) is 3.03. The van der Waals surface area contributed by atoms with Crippen LogP contribution in [-0.2, 0) is 0 Å². The summed E-state index contributed by atoms with van der Waals surface area (Å²) in [4.78, 5) is 0. The highest BCUT2D eigenvalue weighted by Crippen LogP contribution is 2.28. The zero-order valence-electron chi connectivity index (χ0n) is 10.6. The first-order valence-corrected chi connectivity index (χ1v) is 6.38. The lowest BCUT2D eigenvalue weighted by molar-refractivity contribution is 0.339. The van der Waals surface area contributed by atoms with Crippen LogP contribution in [0.15, 0.2) is 41.5 Å². The fraction of sp³-hybridized carbons (Fsp3) is 0.312. The summed E-state index contributed by atoms with van der Waals surface area (Å²) in [5.74, 6) is 0.839. The molecule has 2 nitrogen and oxygen atoms in total. The Balaban J connectivity index is 2.33. The van der Waals surface area contributed by atoms with Crippen LogP contribution in [0.2, 0.25) is 0 Å². The highest BCUT2D eigenvalue weighted by atomic mass is 16.5. The molecule has 0 unspecified atom stereocenters. The molecule has 18 heavy (non-hydrogen) atoms. The first kappa shape index (κ1) is 12.4. The number of para-hydroxylation sites is 1. The molecule has 1 aliphatic carbocycles. The molecule has 0 amide bonds. The Morgan fingerprint density at radius 1 is 1.44 bits per heavy atom. The van der Waals surface area contributed by atoms with Crippen molar-refractivity contribution in [3.8, 4) is 11.8 Å². The maximum absolute atomic E-state index is 9.27. The van der Waals surface area contributed by atoms with Crippen molar-refractivity contribution in [1.82, 2.24) is 0 Å². The van der Waals surface area contributed by atoms with E-state index in [9.17, 15) is 5.26 Å². The Labute approximate surface area is 108 Å². The van der Waals surface area contributed by atoms with Crippen molar-refractivity contribution < 1.29 is 4.74 Å². The number of nitriles is 1. The Hall–Kier alpha value is -2.01. The number of allylic oxidation sites excluding steroid dienone is 3. The van der Waals surface area contributed by atoms with E-state index in [4.69, 9.17) is 4.74 Å². The lowest BCUT2D eigenvalue weighted by Gasteiger charge is -2.07. The van der Waals surface area contributed by atoms with Gasteiger partial charge in [-0.1, -0.05) is 24.3 Å². The predicted molar refractivity (Wildman–Crippen MR) is 73.1 cm³/mol. The van der Waals surface area contributed by atoms with Crippen LogP contribution in [0.25, 0.3) is 6.08 Å². The smallest absolute Gasteiger partial charge is 0.126 e. The molecule has 0 aromatic heterocycles. The molecule has 1 aromatic carbocycles. The second-order valence-electron chi connectivity index (χ2n) is 4.26. The van der Waals surface area contributed by atoms with Gasteiger partial charge in [-0.25, -0.2) is 0 Å². The molecule has 2 heteroatoms. The van der Waals surface area contributed by atoms with E-state index in [1.54, 1.807) is 0 Å². The van der Waals surface area contributed by atoms with Gasteiger partial charge in [0, 0.05) is 5.56 Å². The molecule has 0 radical (unpaired) electrons. The molecule has 0 spiro atoms. The molecule has 0 bridgehead atoms. The quantitative estimate of drug-likeness (QED) is 0.741. The van der Waals surface area contributed by atoms with E-state index in [2.05, 4.69) is 12.1 Å². The van der Waals surface area contributed by atoms with Gasteiger partial charge in [-0.15, -0.1) is 0 Å². The lowest BCUT2D eigenvalue weighted by Crippen LogP contribution is -1.94. The minimum absolute atomic E-state index is 0.634. The van der Waals surface area contributed by atoms with Gasteiger partial charge in [-0.3, -0.25) is 0 Å². The first-order valence-electron chi connectivity index (χ1n) is 6.38. The second kappa shape index (κ2) is 6.07. The Morgan fingerprint density at radius 2 is 2.28 bits per heavy atom. The van der Waals surface area contributed by atoms with E-state index >= 15 is 0 Å². The van der Waals surface area contributed by atoms with Crippen LogP contribution in [0.1, 0.15) is 31.7 Å². The van der Waals surface area contributed by atoms with E-state index in [0.29, 0.717) is 6.61 Å². The van der Waals surface area contributed by atoms with E-state index in [-0.39, 0.29) is 0 Å². The number of nitrogens with zero attached hydrogens (tertiary/aromatic N) is 1. The van der Waals surface area contributed by atoms with Crippen LogP contribution in [0, 0.1) is 11.3 Å². The standard InChI is InChI=1S/C16H17NO/c1-2-18-16-10-6-5-9-14(16)11-15(12-17)13-7-3-4-8-13/h5-7,9-11H,2-4,8H2,1H3/b15-11+. The molecule has 0 atom stereocenters. The molecule has 0 aliphatic heterocycles. The molecule has 1 aliphatic rings. The molecule has 0 heterocycles. The fourth-order valence-electron chi connectivity index (χ4n) is 2.15. The third-order valence-corrected chi connectivity index (χ3v) is 3.03. The zero-order chi connectivity index (χ0) is 12.8. The largest absolute Gasteiger partial charge is 0.493 e. The van der Waals surface area contributed by atoms with E-state index in [1.807, 2.05) is 37.3 Å². The van der Waals surface area contributed by atoms with E-state index in [1.165, 1.54) is 5.57 Å². The summed E-state index contributed by atoms with van der Waals surface area (Å²) < 4.78 is 5.57. The van der Waals surface area contributed by atoms with Crippen molar-refractivity contribution in [3.05, 3.63) is 47.1 Å². The van der Waals surface area contributed by atoms with Crippen molar-refractivity contribution >= 4 is 6.08 Å². The fourth-order valence-corrected chi connectivity index (χ4v) is 2.15. The molecule has 92 valence electrons. The maximum Gasteiger partial charge on any atom is 0.126 e. The van der Waals surface area contributed by atoms with Crippen LogP contribution in [0.4, 0.5) is 0 Å². The predicted octanol–water partition coefficient (Wildman–Crippen LogP) is 4.10. The van der Waals surface area contributed by atoms with Gasteiger partial charge < -0.3 is 4.74 Å². The Kier molecular flexibility index (Phi) is 4.20. The van der Waals surface area contributed by atoms with Gasteiger partial charge in [0.2, 0.25) is 0 Å². The van der Waals surface area contributed by atoms with Gasteiger partial charge in [0.1, 0.15) is 5.75 Å². The molecule has 1 aromatic rings. The van der Waals surface area contributed by atoms with Gasteiger partial charge in [-0.05, 0) is 43.9 Å². The molecule has 0 fully saturated rings. The number of ether oxygens (including phenoxy) is 1. The number of hydrogen-bond acceptors (Lipinski definition) is 2. The van der Waals surface area contributed by atoms with Crippen LogP contribution < -0.4 is 4.74 Å². The molecule has 0 saturated heterocycles. The van der Waals surface area contributed by atoms with Crippen LogP contribution in [0.5, 0.6) is 5.75 Å². The van der Waals surface area contributed by atoms with Crippen molar-refractivity contribution in [2.24, 2.45) is 0 Å². The molecular formula is C16H17NO. The van der Waals surface area contributed by atoms with Crippen molar-refractivity contribution in [2.45, 2.75) is 26.2 Å². The average molecular weight is 239 g/mol. The van der Waals surface area contributed by atoms with Gasteiger partial charge in [-0.2, -0.15) is 5.26 Å². The van der Waals surface area contributed by atoms with E-state index in [0.717, 1.165) is 36.1 Å². The highest BCUT2D eigenvalue weighted by molar-refractivity contribution is 5.67. The molecule has 0 N–H and O–H groups in total. The summed E-state index contributed by atoms with van der Waals surface area (Å²) in [6, 6.07) is 10.1. The summed E-state index contributed by atoms with van der Waals surface area (Å²) in [6.45, 7) is 2.60.